The van der Waals surface area contributed by atoms with Crippen molar-refractivity contribution in [3.05, 3.63) is 72.3 Å². The number of phenols is 1. The summed E-state index contributed by atoms with van der Waals surface area (Å²) >= 11 is 0. The highest BCUT2D eigenvalue weighted by molar-refractivity contribution is 6.02. The molecule has 0 fully saturated rings. The Kier molecular flexibility index (Phi) is 6.14. The Morgan fingerprint density at radius 3 is 2.38 bits per heavy atom. The van der Waals surface area contributed by atoms with Gasteiger partial charge in [-0.3, -0.25) is 4.79 Å². The summed E-state index contributed by atoms with van der Waals surface area (Å²) in [7, 11) is 0. The van der Waals surface area contributed by atoms with E-state index in [2.05, 4.69) is 17.1 Å². The standard InChI is InChI=1S/C19H20N2O3/c1-3-13-24-17-11-7-15(8-12-17)19(23)21-20-18(4-2)14-5-9-16(22)10-6-14/h3,5-12,22H,1,4,13H2,2H3,(H,21,23). The first kappa shape index (κ1) is 17.3. The molecule has 0 heterocycles. The van der Waals surface area contributed by atoms with Crippen molar-refractivity contribution in [2.75, 3.05) is 6.61 Å². The number of benzene rings is 2. The summed E-state index contributed by atoms with van der Waals surface area (Å²) in [6.45, 7) is 5.95. The van der Waals surface area contributed by atoms with E-state index in [0.29, 0.717) is 24.3 Å². The van der Waals surface area contributed by atoms with Crippen LogP contribution in [0.2, 0.25) is 0 Å². The molecule has 124 valence electrons. The Hall–Kier alpha value is -3.08. The summed E-state index contributed by atoms with van der Waals surface area (Å²) in [5, 5.41) is 13.5. The second kappa shape index (κ2) is 8.53. The molecule has 2 N–H and O–H groups in total. The summed E-state index contributed by atoms with van der Waals surface area (Å²) < 4.78 is 5.38. The van der Waals surface area contributed by atoms with Crippen LogP contribution in [0.5, 0.6) is 11.5 Å². The minimum Gasteiger partial charge on any atom is -0.508 e. The molecule has 0 saturated carbocycles. The third-order valence-corrected chi connectivity index (χ3v) is 3.31. The van der Waals surface area contributed by atoms with Crippen molar-refractivity contribution in [2.45, 2.75) is 13.3 Å². The molecular weight excluding hydrogens is 304 g/mol. The Bertz CT molecular complexity index is 719. The lowest BCUT2D eigenvalue weighted by Crippen LogP contribution is -2.19. The lowest BCUT2D eigenvalue weighted by Gasteiger charge is -2.07. The van der Waals surface area contributed by atoms with E-state index in [4.69, 9.17) is 4.74 Å². The van der Waals surface area contributed by atoms with Crippen molar-refractivity contribution in [3.63, 3.8) is 0 Å². The van der Waals surface area contributed by atoms with Gasteiger partial charge in [-0.1, -0.05) is 19.6 Å². The molecule has 0 bridgehead atoms. The summed E-state index contributed by atoms with van der Waals surface area (Å²) in [4.78, 5) is 12.2. The van der Waals surface area contributed by atoms with E-state index in [0.717, 1.165) is 11.3 Å². The molecule has 2 aromatic carbocycles. The van der Waals surface area contributed by atoms with E-state index >= 15 is 0 Å². The number of amides is 1. The molecule has 0 aliphatic heterocycles. The average molecular weight is 324 g/mol. The fourth-order valence-electron chi connectivity index (χ4n) is 2.04. The van der Waals surface area contributed by atoms with Crippen molar-refractivity contribution in [1.82, 2.24) is 5.43 Å². The molecule has 0 spiro atoms. The van der Waals surface area contributed by atoms with Crippen molar-refractivity contribution < 1.29 is 14.6 Å². The maximum Gasteiger partial charge on any atom is 0.271 e. The zero-order valence-electron chi connectivity index (χ0n) is 13.5. The van der Waals surface area contributed by atoms with Crippen molar-refractivity contribution in [3.8, 4) is 11.5 Å². The Labute approximate surface area is 141 Å². The molecule has 0 aromatic heterocycles. The molecule has 5 heteroatoms. The number of nitrogens with one attached hydrogen (secondary N) is 1. The number of aromatic hydroxyl groups is 1. The van der Waals surface area contributed by atoms with Gasteiger partial charge in [0.2, 0.25) is 0 Å². The van der Waals surface area contributed by atoms with Crippen LogP contribution in [0.25, 0.3) is 0 Å². The topological polar surface area (TPSA) is 70.9 Å². The average Bonchev–Trinajstić information content (AvgIpc) is 2.62. The SMILES string of the molecule is C=CCOc1ccc(C(=O)NN=C(CC)c2ccc(O)cc2)cc1. The van der Waals surface area contributed by atoms with Gasteiger partial charge in [0, 0.05) is 5.56 Å². The normalized spacial score (nSPS) is 11.0. The number of hydrazone groups is 1. The number of carbonyl (C=O) groups is 1. The van der Waals surface area contributed by atoms with Gasteiger partial charge < -0.3 is 9.84 Å². The Morgan fingerprint density at radius 2 is 1.79 bits per heavy atom. The van der Waals surface area contributed by atoms with Crippen LogP contribution in [0.1, 0.15) is 29.3 Å². The van der Waals surface area contributed by atoms with E-state index in [1.807, 2.05) is 6.92 Å². The highest BCUT2D eigenvalue weighted by Gasteiger charge is 2.06. The summed E-state index contributed by atoms with van der Waals surface area (Å²) in [5.41, 5.74) is 4.63. The Morgan fingerprint density at radius 1 is 1.17 bits per heavy atom. The van der Waals surface area contributed by atoms with E-state index in [1.165, 1.54) is 0 Å². The second-order valence-electron chi connectivity index (χ2n) is 5.02. The molecule has 1 amide bonds. The second-order valence-corrected chi connectivity index (χ2v) is 5.02. The molecule has 5 nitrogen and oxygen atoms in total. The highest BCUT2D eigenvalue weighted by Crippen LogP contribution is 2.13. The lowest BCUT2D eigenvalue weighted by molar-refractivity contribution is 0.0954. The van der Waals surface area contributed by atoms with Gasteiger partial charge in [0.15, 0.2) is 0 Å². The molecule has 2 aromatic rings. The van der Waals surface area contributed by atoms with Crippen LogP contribution < -0.4 is 10.2 Å². The lowest BCUT2D eigenvalue weighted by atomic mass is 10.1. The summed E-state index contributed by atoms with van der Waals surface area (Å²) in [6, 6.07) is 13.5. The molecule has 0 saturated heterocycles. The van der Waals surface area contributed by atoms with Gasteiger partial charge in [-0.25, -0.2) is 5.43 Å². The van der Waals surface area contributed by atoms with E-state index in [-0.39, 0.29) is 11.7 Å². The first-order chi connectivity index (χ1) is 11.6. The molecule has 0 atom stereocenters. The van der Waals surface area contributed by atoms with Crippen LogP contribution in [0.4, 0.5) is 0 Å². The van der Waals surface area contributed by atoms with Crippen LogP contribution >= 0.6 is 0 Å². The highest BCUT2D eigenvalue weighted by atomic mass is 16.5. The number of nitrogens with zero attached hydrogens (tertiary/aromatic N) is 1. The summed E-state index contributed by atoms with van der Waals surface area (Å²) in [5.74, 6) is 0.570. The predicted octanol–water partition coefficient (Wildman–Crippen LogP) is 3.50. The first-order valence-electron chi connectivity index (χ1n) is 7.64. The fourth-order valence-corrected chi connectivity index (χ4v) is 2.04. The van der Waals surface area contributed by atoms with Crippen LogP contribution in [0.3, 0.4) is 0 Å². The molecule has 0 unspecified atom stereocenters. The molecule has 0 aliphatic rings. The molecule has 24 heavy (non-hydrogen) atoms. The zero-order valence-corrected chi connectivity index (χ0v) is 13.5. The predicted molar refractivity (Wildman–Crippen MR) is 94.5 cm³/mol. The minimum atomic E-state index is -0.296. The van der Waals surface area contributed by atoms with Gasteiger partial charge in [-0.05, 0) is 60.5 Å². The van der Waals surface area contributed by atoms with Gasteiger partial charge >= 0.3 is 0 Å². The number of hydrogen-bond donors (Lipinski definition) is 2. The van der Waals surface area contributed by atoms with E-state index in [1.54, 1.807) is 54.6 Å². The van der Waals surface area contributed by atoms with Gasteiger partial charge in [-0.2, -0.15) is 5.10 Å². The number of phenolic OH excluding ortho intramolecular Hbond substituents is 1. The molecule has 2 rings (SSSR count). The monoisotopic (exact) mass is 324 g/mol. The van der Waals surface area contributed by atoms with Crippen molar-refractivity contribution in [1.29, 1.82) is 0 Å². The third-order valence-electron chi connectivity index (χ3n) is 3.31. The van der Waals surface area contributed by atoms with Gasteiger partial charge in [0.25, 0.3) is 5.91 Å². The molecule has 0 aliphatic carbocycles. The molecular formula is C19H20N2O3. The van der Waals surface area contributed by atoms with Crippen molar-refractivity contribution in [2.24, 2.45) is 5.10 Å². The minimum absolute atomic E-state index is 0.192. The van der Waals surface area contributed by atoms with Crippen LogP contribution in [-0.4, -0.2) is 23.3 Å². The molecule has 0 radical (unpaired) electrons. The number of rotatable bonds is 7. The smallest absolute Gasteiger partial charge is 0.271 e. The maximum atomic E-state index is 12.2. The van der Waals surface area contributed by atoms with Crippen LogP contribution in [0.15, 0.2) is 66.3 Å². The van der Waals surface area contributed by atoms with E-state index in [9.17, 15) is 9.90 Å². The number of hydrogen-bond acceptors (Lipinski definition) is 4. The quantitative estimate of drug-likeness (QED) is 0.465. The fraction of sp³-hybridized carbons (Fsp3) is 0.158. The number of ether oxygens (including phenoxy) is 1. The van der Waals surface area contributed by atoms with Crippen molar-refractivity contribution >= 4 is 11.6 Å². The maximum absolute atomic E-state index is 12.2. The van der Waals surface area contributed by atoms with Crippen LogP contribution in [-0.2, 0) is 0 Å². The Balaban J connectivity index is 2.04. The zero-order chi connectivity index (χ0) is 17.4. The number of carbonyl (C=O) groups excluding carboxylic acids is 1. The van der Waals surface area contributed by atoms with Gasteiger partial charge in [0.1, 0.15) is 18.1 Å². The van der Waals surface area contributed by atoms with Crippen LogP contribution in [0, 0.1) is 0 Å². The first-order valence-corrected chi connectivity index (χ1v) is 7.64. The third kappa shape index (κ3) is 4.71. The van der Waals surface area contributed by atoms with Gasteiger partial charge in [-0.15, -0.1) is 0 Å². The van der Waals surface area contributed by atoms with E-state index < -0.39 is 0 Å². The summed E-state index contributed by atoms with van der Waals surface area (Å²) in [6.07, 6.45) is 2.31. The largest absolute Gasteiger partial charge is 0.508 e. The van der Waals surface area contributed by atoms with Gasteiger partial charge in [0.05, 0.1) is 5.71 Å².